The lowest BCUT2D eigenvalue weighted by atomic mass is 10.3. The highest BCUT2D eigenvalue weighted by atomic mass is 19.3. The smallest absolute Gasteiger partial charge is 0.285 e. The van der Waals surface area contributed by atoms with E-state index in [2.05, 4.69) is 5.10 Å². The van der Waals surface area contributed by atoms with E-state index in [1.807, 2.05) is 0 Å². The van der Waals surface area contributed by atoms with Crippen molar-refractivity contribution < 1.29 is 17.6 Å². The monoisotopic (exact) mass is 213 g/mol. The van der Waals surface area contributed by atoms with Gasteiger partial charge in [0.15, 0.2) is 0 Å². The van der Waals surface area contributed by atoms with E-state index in [1.54, 1.807) is 0 Å². The molecule has 0 saturated carbocycles. The molecule has 0 unspecified atom stereocenters. The zero-order valence-corrected chi connectivity index (χ0v) is 7.12. The Balaban J connectivity index is 2.89. The number of rotatable bonds is 3. The Kier molecular flexibility index (Phi) is 2.63. The van der Waals surface area contributed by atoms with Crippen LogP contribution in [0.4, 0.5) is 17.6 Å². The van der Waals surface area contributed by atoms with Gasteiger partial charge in [0.25, 0.3) is 0 Å². The summed E-state index contributed by atoms with van der Waals surface area (Å²) >= 11 is 0. The van der Waals surface area contributed by atoms with Crippen LogP contribution < -0.4 is 5.69 Å². The van der Waals surface area contributed by atoms with E-state index >= 15 is 0 Å². The largest absolute Gasteiger partial charge is 0.345 e. The molecule has 0 fully saturated rings. The predicted octanol–water partition coefficient (Wildman–Crippen LogP) is 0.482. The fourth-order valence-electron chi connectivity index (χ4n) is 0.798. The van der Waals surface area contributed by atoms with Crippen molar-refractivity contribution in [2.45, 2.75) is 18.9 Å². The number of hydrogen-bond donors (Lipinski definition) is 0. The van der Waals surface area contributed by atoms with Gasteiger partial charge in [-0.1, -0.05) is 0 Å². The number of aromatic nitrogens is 3. The van der Waals surface area contributed by atoms with Gasteiger partial charge in [0.2, 0.25) is 0 Å². The molecule has 0 aliphatic heterocycles. The first-order chi connectivity index (χ1) is 6.34. The Labute approximate surface area is 75.8 Å². The van der Waals surface area contributed by atoms with Crippen molar-refractivity contribution >= 4 is 0 Å². The minimum atomic E-state index is -4.24. The lowest BCUT2D eigenvalue weighted by Gasteiger charge is -2.13. The molecule has 0 atom stereocenters. The zero-order chi connectivity index (χ0) is 10.9. The molecule has 4 nitrogen and oxygen atoms in total. The second-order valence-corrected chi connectivity index (χ2v) is 2.74. The van der Waals surface area contributed by atoms with Gasteiger partial charge < -0.3 is 0 Å². The lowest BCUT2D eigenvalue weighted by Crippen LogP contribution is -2.37. The van der Waals surface area contributed by atoms with Crippen LogP contribution in [0.25, 0.3) is 0 Å². The molecule has 1 rings (SSSR count). The molecule has 14 heavy (non-hydrogen) atoms. The molecule has 0 aromatic carbocycles. The summed E-state index contributed by atoms with van der Waals surface area (Å²) in [5.41, 5.74) is -0.856. The van der Waals surface area contributed by atoms with Crippen LogP contribution in [0.3, 0.4) is 0 Å². The summed E-state index contributed by atoms with van der Waals surface area (Å²) in [5.74, 6) is -4.24. The molecule has 1 aromatic rings. The SMILES string of the molecule is Cn1cnn(CC(F)(F)C(F)F)c1=O. The second-order valence-electron chi connectivity index (χ2n) is 2.74. The standard InChI is InChI=1S/C6H7F4N3O/c1-12-3-11-13(5(12)14)2-6(9,10)4(7)8/h3-4H,2H2,1H3. The summed E-state index contributed by atoms with van der Waals surface area (Å²) < 4.78 is 49.6. The first-order valence-corrected chi connectivity index (χ1v) is 3.59. The van der Waals surface area contributed by atoms with Gasteiger partial charge in [0.1, 0.15) is 12.9 Å². The molecule has 0 saturated heterocycles. The third kappa shape index (κ3) is 1.94. The van der Waals surface area contributed by atoms with E-state index in [0.717, 1.165) is 10.9 Å². The molecule has 0 aliphatic carbocycles. The molecule has 0 bridgehead atoms. The Morgan fingerprint density at radius 2 is 2.14 bits per heavy atom. The van der Waals surface area contributed by atoms with E-state index < -0.39 is 24.6 Å². The van der Waals surface area contributed by atoms with Gasteiger partial charge in [-0.05, 0) is 0 Å². The van der Waals surface area contributed by atoms with E-state index in [-0.39, 0.29) is 0 Å². The fourth-order valence-corrected chi connectivity index (χ4v) is 0.798. The maximum atomic E-state index is 12.5. The maximum Gasteiger partial charge on any atom is 0.345 e. The third-order valence-corrected chi connectivity index (χ3v) is 1.57. The van der Waals surface area contributed by atoms with Crippen LogP contribution in [0.1, 0.15) is 0 Å². The van der Waals surface area contributed by atoms with Crippen molar-refractivity contribution in [1.82, 2.24) is 14.3 Å². The van der Waals surface area contributed by atoms with Crippen LogP contribution in [-0.4, -0.2) is 26.7 Å². The van der Waals surface area contributed by atoms with Crippen molar-refractivity contribution in [3.8, 4) is 0 Å². The zero-order valence-electron chi connectivity index (χ0n) is 7.12. The molecule has 0 N–H and O–H groups in total. The van der Waals surface area contributed by atoms with Crippen LogP contribution in [-0.2, 0) is 13.6 Å². The molecule has 8 heteroatoms. The van der Waals surface area contributed by atoms with Crippen molar-refractivity contribution in [2.75, 3.05) is 0 Å². The molecule has 0 radical (unpaired) electrons. The Bertz CT molecular complexity index is 369. The van der Waals surface area contributed by atoms with Crippen LogP contribution in [0.2, 0.25) is 0 Å². The summed E-state index contributed by atoms with van der Waals surface area (Å²) in [6.07, 6.45) is -2.83. The number of halogens is 4. The quantitative estimate of drug-likeness (QED) is 0.685. The van der Waals surface area contributed by atoms with Crippen LogP contribution >= 0.6 is 0 Å². The van der Waals surface area contributed by atoms with E-state index in [1.165, 1.54) is 7.05 Å². The Morgan fingerprint density at radius 1 is 1.57 bits per heavy atom. The average molecular weight is 213 g/mol. The first kappa shape index (κ1) is 10.7. The van der Waals surface area contributed by atoms with Crippen LogP contribution in [0.5, 0.6) is 0 Å². The van der Waals surface area contributed by atoms with Gasteiger partial charge in [-0.25, -0.2) is 18.3 Å². The maximum absolute atomic E-state index is 12.5. The summed E-state index contributed by atoms with van der Waals surface area (Å²) in [5, 5.41) is 3.24. The topological polar surface area (TPSA) is 39.8 Å². The van der Waals surface area contributed by atoms with Gasteiger partial charge in [-0.3, -0.25) is 4.57 Å². The van der Waals surface area contributed by atoms with Gasteiger partial charge >= 0.3 is 18.0 Å². The van der Waals surface area contributed by atoms with Gasteiger partial charge in [-0.2, -0.15) is 13.9 Å². The highest BCUT2D eigenvalue weighted by Crippen LogP contribution is 2.23. The molecule has 1 heterocycles. The van der Waals surface area contributed by atoms with Crippen molar-refractivity contribution in [3.63, 3.8) is 0 Å². The van der Waals surface area contributed by atoms with Crippen molar-refractivity contribution in [3.05, 3.63) is 16.8 Å². The highest BCUT2D eigenvalue weighted by Gasteiger charge is 2.41. The fraction of sp³-hybridized carbons (Fsp3) is 0.667. The molecular formula is C6H7F4N3O. The summed E-state index contributed by atoms with van der Waals surface area (Å²) in [4.78, 5) is 11.0. The number of nitrogens with zero attached hydrogens (tertiary/aromatic N) is 3. The summed E-state index contributed by atoms with van der Waals surface area (Å²) in [6, 6.07) is 0. The summed E-state index contributed by atoms with van der Waals surface area (Å²) in [7, 11) is 1.28. The molecule has 0 aliphatic rings. The predicted molar refractivity (Wildman–Crippen MR) is 38.4 cm³/mol. The summed E-state index contributed by atoms with van der Waals surface area (Å²) in [6.45, 7) is -1.41. The van der Waals surface area contributed by atoms with Crippen molar-refractivity contribution in [1.29, 1.82) is 0 Å². The van der Waals surface area contributed by atoms with E-state index in [4.69, 9.17) is 0 Å². The molecule has 0 amide bonds. The minimum Gasteiger partial charge on any atom is -0.285 e. The Morgan fingerprint density at radius 3 is 2.50 bits per heavy atom. The van der Waals surface area contributed by atoms with Gasteiger partial charge in [0, 0.05) is 7.05 Å². The second kappa shape index (κ2) is 3.43. The minimum absolute atomic E-state index is 0.298. The lowest BCUT2D eigenvalue weighted by molar-refractivity contribution is -0.139. The number of hydrogen-bond acceptors (Lipinski definition) is 2. The van der Waals surface area contributed by atoms with E-state index in [9.17, 15) is 22.4 Å². The van der Waals surface area contributed by atoms with Crippen LogP contribution in [0.15, 0.2) is 11.1 Å². The molecular weight excluding hydrogens is 206 g/mol. The van der Waals surface area contributed by atoms with Gasteiger partial charge in [0.05, 0.1) is 0 Å². The molecule has 80 valence electrons. The average Bonchev–Trinajstić information content (AvgIpc) is 2.35. The van der Waals surface area contributed by atoms with Crippen molar-refractivity contribution in [2.24, 2.45) is 7.05 Å². The van der Waals surface area contributed by atoms with Crippen LogP contribution in [0, 0.1) is 0 Å². The number of aryl methyl sites for hydroxylation is 1. The van der Waals surface area contributed by atoms with E-state index in [0.29, 0.717) is 4.68 Å². The highest BCUT2D eigenvalue weighted by molar-refractivity contribution is 4.73. The number of alkyl halides is 4. The first-order valence-electron chi connectivity index (χ1n) is 3.59. The normalized spacial score (nSPS) is 12.4. The third-order valence-electron chi connectivity index (χ3n) is 1.57. The Hall–Kier alpha value is -1.34. The van der Waals surface area contributed by atoms with Gasteiger partial charge in [-0.15, -0.1) is 0 Å². The molecule has 1 aromatic heterocycles. The molecule has 0 spiro atoms.